The van der Waals surface area contributed by atoms with E-state index in [1.807, 2.05) is 5.38 Å². The van der Waals surface area contributed by atoms with Crippen molar-refractivity contribution in [1.82, 2.24) is 4.98 Å². The molecule has 4 heteroatoms. The molecule has 0 saturated heterocycles. The Labute approximate surface area is 88.3 Å². The Morgan fingerprint density at radius 2 is 2.43 bits per heavy atom. The van der Waals surface area contributed by atoms with Crippen LogP contribution in [-0.4, -0.2) is 11.6 Å². The second kappa shape index (κ2) is 4.87. The molecule has 3 nitrogen and oxygen atoms in total. The van der Waals surface area contributed by atoms with E-state index in [1.54, 1.807) is 11.3 Å². The van der Waals surface area contributed by atoms with E-state index in [2.05, 4.69) is 4.98 Å². The molecule has 0 aromatic carbocycles. The van der Waals surface area contributed by atoms with E-state index in [1.165, 1.54) is 19.3 Å². The van der Waals surface area contributed by atoms with Gasteiger partial charge in [-0.2, -0.15) is 0 Å². The second-order valence-electron chi connectivity index (χ2n) is 3.72. The average molecular weight is 212 g/mol. The van der Waals surface area contributed by atoms with Crippen LogP contribution in [-0.2, 0) is 17.9 Å². The molecule has 1 aliphatic carbocycles. The lowest BCUT2D eigenvalue weighted by Crippen LogP contribution is -1.98. The van der Waals surface area contributed by atoms with Gasteiger partial charge in [0.1, 0.15) is 5.01 Å². The molecule has 1 saturated carbocycles. The summed E-state index contributed by atoms with van der Waals surface area (Å²) in [6.45, 7) is 2.05. The van der Waals surface area contributed by atoms with Gasteiger partial charge in [-0.3, -0.25) is 0 Å². The quantitative estimate of drug-likeness (QED) is 0.733. The fourth-order valence-corrected chi connectivity index (χ4v) is 2.00. The Hall–Kier alpha value is -0.450. The van der Waals surface area contributed by atoms with Gasteiger partial charge in [0, 0.05) is 18.5 Å². The van der Waals surface area contributed by atoms with Crippen molar-refractivity contribution in [2.24, 2.45) is 11.7 Å². The Kier molecular flexibility index (Phi) is 3.50. The summed E-state index contributed by atoms with van der Waals surface area (Å²) < 4.78 is 5.53. The fourth-order valence-electron chi connectivity index (χ4n) is 1.34. The molecule has 1 aromatic heterocycles. The third kappa shape index (κ3) is 3.04. The highest BCUT2D eigenvalue weighted by Gasteiger charge is 2.20. The van der Waals surface area contributed by atoms with Crippen LogP contribution in [0.3, 0.4) is 0 Å². The smallest absolute Gasteiger partial charge is 0.107 e. The van der Waals surface area contributed by atoms with Crippen LogP contribution in [0.1, 0.15) is 30.0 Å². The lowest BCUT2D eigenvalue weighted by molar-refractivity contribution is 0.113. The Bertz CT molecular complexity index is 283. The van der Waals surface area contributed by atoms with Crippen LogP contribution in [0.2, 0.25) is 0 Å². The molecule has 0 atom stereocenters. The highest BCUT2D eigenvalue weighted by molar-refractivity contribution is 7.09. The molecule has 1 aromatic rings. The summed E-state index contributed by atoms with van der Waals surface area (Å²) in [7, 11) is 0. The predicted molar refractivity (Wildman–Crippen MR) is 57.0 cm³/mol. The first kappa shape index (κ1) is 10.1. The largest absolute Gasteiger partial charge is 0.375 e. The zero-order valence-corrected chi connectivity index (χ0v) is 9.05. The minimum atomic E-state index is 0.534. The SMILES string of the molecule is NCc1nc(COCCC2CC2)cs1. The number of hydrogen-bond acceptors (Lipinski definition) is 4. The molecule has 1 heterocycles. The molecule has 0 aliphatic heterocycles. The number of thiazole rings is 1. The van der Waals surface area contributed by atoms with Crippen molar-refractivity contribution in [3.63, 3.8) is 0 Å². The van der Waals surface area contributed by atoms with E-state index in [-0.39, 0.29) is 0 Å². The summed E-state index contributed by atoms with van der Waals surface area (Å²) in [5.41, 5.74) is 6.49. The zero-order chi connectivity index (χ0) is 9.80. The molecular weight excluding hydrogens is 196 g/mol. The average Bonchev–Trinajstić information content (AvgIpc) is 2.91. The second-order valence-corrected chi connectivity index (χ2v) is 4.66. The van der Waals surface area contributed by atoms with Crippen molar-refractivity contribution in [2.75, 3.05) is 6.61 Å². The number of hydrogen-bond donors (Lipinski definition) is 1. The van der Waals surface area contributed by atoms with Gasteiger partial charge < -0.3 is 10.5 Å². The standard InChI is InChI=1S/C10H16N2OS/c11-5-10-12-9(7-14-10)6-13-4-3-8-1-2-8/h7-8H,1-6,11H2. The lowest BCUT2D eigenvalue weighted by atomic mass is 10.3. The molecule has 0 unspecified atom stereocenters. The van der Waals surface area contributed by atoms with Gasteiger partial charge in [0.05, 0.1) is 12.3 Å². The van der Waals surface area contributed by atoms with Crippen molar-refractivity contribution in [1.29, 1.82) is 0 Å². The summed E-state index contributed by atoms with van der Waals surface area (Å²) in [5.74, 6) is 0.949. The molecule has 78 valence electrons. The highest BCUT2D eigenvalue weighted by Crippen LogP contribution is 2.32. The fraction of sp³-hybridized carbons (Fsp3) is 0.700. The van der Waals surface area contributed by atoms with Crippen molar-refractivity contribution < 1.29 is 4.74 Å². The van der Waals surface area contributed by atoms with E-state index in [4.69, 9.17) is 10.5 Å². The van der Waals surface area contributed by atoms with E-state index >= 15 is 0 Å². The number of nitrogens with two attached hydrogens (primary N) is 1. The molecule has 0 bridgehead atoms. The predicted octanol–water partition coefficient (Wildman–Crippen LogP) is 1.92. The van der Waals surface area contributed by atoms with Crippen LogP contribution in [0.15, 0.2) is 5.38 Å². The minimum absolute atomic E-state index is 0.534. The van der Waals surface area contributed by atoms with Crippen LogP contribution in [0.25, 0.3) is 0 Å². The molecule has 0 spiro atoms. The monoisotopic (exact) mass is 212 g/mol. The van der Waals surface area contributed by atoms with Crippen molar-refractivity contribution in [2.45, 2.75) is 32.4 Å². The normalized spacial score (nSPS) is 16.1. The number of aromatic nitrogens is 1. The van der Waals surface area contributed by atoms with Crippen LogP contribution < -0.4 is 5.73 Å². The summed E-state index contributed by atoms with van der Waals surface area (Å²) in [6, 6.07) is 0. The molecule has 14 heavy (non-hydrogen) atoms. The highest BCUT2D eigenvalue weighted by atomic mass is 32.1. The third-order valence-electron chi connectivity index (χ3n) is 2.39. The first-order valence-corrected chi connectivity index (χ1v) is 5.97. The van der Waals surface area contributed by atoms with Crippen LogP contribution in [0, 0.1) is 5.92 Å². The Morgan fingerprint density at radius 3 is 3.07 bits per heavy atom. The van der Waals surface area contributed by atoms with Gasteiger partial charge in [-0.25, -0.2) is 4.98 Å². The molecule has 2 N–H and O–H groups in total. The van der Waals surface area contributed by atoms with Crippen molar-refractivity contribution >= 4 is 11.3 Å². The molecule has 1 aliphatic rings. The molecule has 0 amide bonds. The van der Waals surface area contributed by atoms with Crippen molar-refractivity contribution in [3.05, 3.63) is 16.1 Å². The number of ether oxygens (including phenoxy) is 1. The lowest BCUT2D eigenvalue weighted by Gasteiger charge is -2.00. The van der Waals surface area contributed by atoms with Gasteiger partial charge in [0.15, 0.2) is 0 Å². The van der Waals surface area contributed by atoms with E-state index in [9.17, 15) is 0 Å². The van der Waals surface area contributed by atoms with Gasteiger partial charge in [0.25, 0.3) is 0 Å². The van der Waals surface area contributed by atoms with Gasteiger partial charge in [-0.05, 0) is 12.3 Å². The third-order valence-corrected chi connectivity index (χ3v) is 3.31. The van der Waals surface area contributed by atoms with Gasteiger partial charge in [-0.15, -0.1) is 11.3 Å². The molecule has 0 radical (unpaired) electrons. The van der Waals surface area contributed by atoms with Gasteiger partial charge in [-0.1, -0.05) is 12.8 Å². The van der Waals surface area contributed by atoms with E-state index in [0.29, 0.717) is 13.2 Å². The summed E-state index contributed by atoms with van der Waals surface area (Å²) >= 11 is 1.61. The molecule has 1 fully saturated rings. The van der Waals surface area contributed by atoms with E-state index < -0.39 is 0 Å². The summed E-state index contributed by atoms with van der Waals surface area (Å²) in [5, 5.41) is 3.02. The van der Waals surface area contributed by atoms with Crippen LogP contribution in [0.5, 0.6) is 0 Å². The summed E-state index contributed by atoms with van der Waals surface area (Å²) in [6.07, 6.45) is 4.02. The topological polar surface area (TPSA) is 48.1 Å². The minimum Gasteiger partial charge on any atom is -0.375 e. The number of nitrogens with zero attached hydrogens (tertiary/aromatic N) is 1. The van der Waals surface area contributed by atoms with Gasteiger partial charge in [0.2, 0.25) is 0 Å². The van der Waals surface area contributed by atoms with Crippen molar-refractivity contribution in [3.8, 4) is 0 Å². The molecular formula is C10H16N2OS. The maximum Gasteiger partial charge on any atom is 0.107 e. The Balaban J connectivity index is 1.63. The van der Waals surface area contributed by atoms with Crippen LogP contribution >= 0.6 is 11.3 Å². The summed E-state index contributed by atoms with van der Waals surface area (Å²) in [4.78, 5) is 4.33. The first-order chi connectivity index (χ1) is 6.88. The maximum absolute atomic E-state index is 5.53. The van der Waals surface area contributed by atoms with E-state index in [0.717, 1.165) is 23.2 Å². The van der Waals surface area contributed by atoms with Crippen LogP contribution in [0.4, 0.5) is 0 Å². The maximum atomic E-state index is 5.53. The number of rotatable bonds is 6. The molecule has 2 rings (SSSR count). The first-order valence-electron chi connectivity index (χ1n) is 5.09. The Morgan fingerprint density at radius 1 is 1.57 bits per heavy atom. The van der Waals surface area contributed by atoms with Gasteiger partial charge >= 0.3 is 0 Å². The zero-order valence-electron chi connectivity index (χ0n) is 8.24.